The highest BCUT2D eigenvalue weighted by Crippen LogP contribution is 2.27. The molecule has 8 nitrogen and oxygen atoms in total. The van der Waals surface area contributed by atoms with Crippen molar-refractivity contribution in [3.05, 3.63) is 78.1 Å². The Labute approximate surface area is 171 Å². The van der Waals surface area contributed by atoms with Gasteiger partial charge in [-0.05, 0) is 48.0 Å². The third-order valence-electron chi connectivity index (χ3n) is 4.11. The molecule has 0 atom stereocenters. The Morgan fingerprint density at radius 1 is 1.03 bits per heavy atom. The van der Waals surface area contributed by atoms with E-state index < -0.39 is 17.6 Å². The summed E-state index contributed by atoms with van der Waals surface area (Å²) < 4.78 is 24.9. The van der Waals surface area contributed by atoms with Crippen LogP contribution in [0.4, 0.5) is 4.39 Å². The maximum Gasteiger partial charge on any atom is 0.288 e. The fraction of sp³-hybridized carbons (Fsp3) is 0.0952. The van der Waals surface area contributed by atoms with Gasteiger partial charge in [0.25, 0.3) is 11.8 Å². The average Bonchev–Trinajstić information content (AvgIpc) is 3.26. The molecular weight excluding hydrogens is 391 g/mol. The Hall–Kier alpha value is -4.14. The Morgan fingerprint density at radius 3 is 2.47 bits per heavy atom. The predicted octanol–water partition coefficient (Wildman–Crippen LogP) is 2.50. The quantitative estimate of drug-likeness (QED) is 0.481. The van der Waals surface area contributed by atoms with Crippen molar-refractivity contribution in [2.75, 3.05) is 14.2 Å². The molecule has 3 aromatic rings. The molecule has 1 aromatic heterocycles. The molecule has 1 heterocycles. The molecule has 30 heavy (non-hydrogen) atoms. The van der Waals surface area contributed by atoms with Gasteiger partial charge in [0.15, 0.2) is 11.5 Å². The molecule has 0 unspecified atom stereocenters. The van der Waals surface area contributed by atoms with Gasteiger partial charge in [0.1, 0.15) is 11.5 Å². The highest BCUT2D eigenvalue weighted by Gasteiger charge is 2.13. The molecule has 0 spiro atoms. The van der Waals surface area contributed by atoms with E-state index in [1.807, 2.05) is 0 Å². The van der Waals surface area contributed by atoms with Crippen LogP contribution in [0.5, 0.6) is 11.5 Å². The number of benzene rings is 2. The van der Waals surface area contributed by atoms with Gasteiger partial charge in [-0.25, -0.2) is 9.37 Å². The van der Waals surface area contributed by atoms with Crippen molar-refractivity contribution in [3.8, 4) is 17.2 Å². The van der Waals surface area contributed by atoms with Gasteiger partial charge in [0.2, 0.25) is 0 Å². The summed E-state index contributed by atoms with van der Waals surface area (Å²) in [5.41, 5.74) is 6.05. The summed E-state index contributed by atoms with van der Waals surface area (Å²) in [5, 5.41) is 0. The number of hydrazine groups is 1. The van der Waals surface area contributed by atoms with E-state index in [4.69, 9.17) is 9.47 Å². The molecule has 0 aliphatic rings. The zero-order valence-corrected chi connectivity index (χ0v) is 16.3. The number of carbonyl (C=O) groups is 2. The Kier molecular flexibility index (Phi) is 6.43. The van der Waals surface area contributed by atoms with Crippen molar-refractivity contribution in [2.45, 2.75) is 0 Å². The van der Waals surface area contributed by atoms with Crippen molar-refractivity contribution in [1.82, 2.24) is 20.4 Å². The van der Waals surface area contributed by atoms with Crippen LogP contribution in [0.3, 0.4) is 0 Å². The van der Waals surface area contributed by atoms with E-state index in [9.17, 15) is 14.0 Å². The second-order valence-electron chi connectivity index (χ2n) is 6.02. The molecule has 154 valence electrons. The minimum Gasteiger partial charge on any atom is -0.493 e. The molecule has 0 saturated heterocycles. The predicted molar refractivity (Wildman–Crippen MR) is 108 cm³/mol. The first-order chi connectivity index (χ1) is 14.5. The van der Waals surface area contributed by atoms with Crippen LogP contribution in [0.1, 0.15) is 16.1 Å². The molecule has 0 saturated carbocycles. The van der Waals surface area contributed by atoms with Crippen molar-refractivity contribution in [2.24, 2.45) is 0 Å². The number of carbonyl (C=O) groups excluding carboxylic acids is 2. The lowest BCUT2D eigenvalue weighted by molar-refractivity contribution is -0.117. The van der Waals surface area contributed by atoms with E-state index in [0.29, 0.717) is 22.7 Å². The van der Waals surface area contributed by atoms with Crippen LogP contribution in [-0.4, -0.2) is 35.6 Å². The monoisotopic (exact) mass is 410 g/mol. The summed E-state index contributed by atoms with van der Waals surface area (Å²) in [6.07, 6.45) is 5.58. The lowest BCUT2D eigenvalue weighted by Crippen LogP contribution is -2.41. The molecule has 9 heteroatoms. The molecule has 0 aliphatic heterocycles. The highest BCUT2D eigenvalue weighted by molar-refractivity contribution is 5.97. The zero-order valence-electron chi connectivity index (χ0n) is 16.3. The number of nitrogens with zero attached hydrogens (tertiary/aromatic N) is 2. The molecule has 0 bridgehead atoms. The second kappa shape index (κ2) is 9.37. The van der Waals surface area contributed by atoms with Crippen LogP contribution in [0.25, 0.3) is 11.8 Å². The Balaban J connectivity index is 1.62. The first kappa shape index (κ1) is 20.6. The lowest BCUT2D eigenvalue weighted by atomic mass is 10.2. The molecule has 3 rings (SSSR count). The molecule has 2 aromatic carbocycles. The molecule has 0 radical (unpaired) electrons. The van der Waals surface area contributed by atoms with Crippen LogP contribution in [0.2, 0.25) is 0 Å². The minimum atomic E-state index is -0.579. The molecule has 0 aliphatic carbocycles. The van der Waals surface area contributed by atoms with Gasteiger partial charge in [0.05, 0.1) is 26.7 Å². The fourth-order valence-corrected chi connectivity index (χ4v) is 2.62. The minimum absolute atomic E-state index is 0.172. The van der Waals surface area contributed by atoms with Gasteiger partial charge in [-0.15, -0.1) is 0 Å². The van der Waals surface area contributed by atoms with Crippen molar-refractivity contribution < 1.29 is 23.5 Å². The summed E-state index contributed by atoms with van der Waals surface area (Å²) in [7, 11) is 3.05. The summed E-state index contributed by atoms with van der Waals surface area (Å²) >= 11 is 0. The van der Waals surface area contributed by atoms with E-state index in [-0.39, 0.29) is 5.69 Å². The van der Waals surface area contributed by atoms with Crippen molar-refractivity contribution in [3.63, 3.8) is 0 Å². The number of ether oxygens (including phenoxy) is 2. The number of methoxy groups -OCH3 is 2. The van der Waals surface area contributed by atoms with Crippen LogP contribution < -0.4 is 20.3 Å². The normalized spacial score (nSPS) is 10.6. The number of halogens is 1. The third-order valence-corrected chi connectivity index (χ3v) is 4.11. The Bertz CT molecular complexity index is 1080. The standard InChI is InChI=1S/C21H19FN4O4/c1-29-18-9-3-14(11-19(18)30-2)4-10-20(27)24-25-21(28)17-12-23-13-26(17)16-7-5-15(22)6-8-16/h3-13H,1-2H3,(H,24,27)(H,25,28)/b10-4+. The number of hydrogen-bond donors (Lipinski definition) is 2. The smallest absolute Gasteiger partial charge is 0.288 e. The van der Waals surface area contributed by atoms with Crippen LogP contribution in [0.15, 0.2) is 61.1 Å². The summed E-state index contributed by atoms with van der Waals surface area (Å²) in [5.74, 6) is -0.402. The van der Waals surface area contributed by atoms with Gasteiger partial charge in [-0.1, -0.05) is 6.07 Å². The van der Waals surface area contributed by atoms with E-state index >= 15 is 0 Å². The third kappa shape index (κ3) is 4.82. The Morgan fingerprint density at radius 2 is 1.77 bits per heavy atom. The van der Waals surface area contributed by atoms with Crippen LogP contribution in [-0.2, 0) is 4.79 Å². The lowest BCUT2D eigenvalue weighted by Gasteiger charge is -2.09. The number of rotatable bonds is 6. The maximum atomic E-state index is 13.1. The van der Waals surface area contributed by atoms with Crippen molar-refractivity contribution >= 4 is 17.9 Å². The van der Waals surface area contributed by atoms with Gasteiger partial charge in [-0.3, -0.25) is 25.0 Å². The molecule has 0 fully saturated rings. The van der Waals surface area contributed by atoms with E-state index in [2.05, 4.69) is 15.8 Å². The van der Waals surface area contributed by atoms with Crippen molar-refractivity contribution in [1.29, 1.82) is 0 Å². The summed E-state index contributed by atoms with van der Waals surface area (Å²) in [4.78, 5) is 28.3. The zero-order chi connectivity index (χ0) is 21.5. The molecule has 2 amide bonds. The fourth-order valence-electron chi connectivity index (χ4n) is 2.62. The average molecular weight is 410 g/mol. The van der Waals surface area contributed by atoms with E-state index in [0.717, 1.165) is 0 Å². The number of imidazole rings is 1. The molecular formula is C21H19FN4O4. The number of aromatic nitrogens is 2. The van der Waals surface area contributed by atoms with Gasteiger partial charge >= 0.3 is 0 Å². The number of amides is 2. The van der Waals surface area contributed by atoms with Gasteiger partial charge in [0, 0.05) is 11.8 Å². The van der Waals surface area contributed by atoms with E-state index in [1.165, 1.54) is 61.7 Å². The van der Waals surface area contributed by atoms with Gasteiger partial charge in [-0.2, -0.15) is 0 Å². The van der Waals surface area contributed by atoms with Crippen LogP contribution in [0, 0.1) is 5.82 Å². The second-order valence-corrected chi connectivity index (χ2v) is 6.02. The summed E-state index contributed by atoms with van der Waals surface area (Å²) in [6.45, 7) is 0. The maximum absolute atomic E-state index is 13.1. The largest absolute Gasteiger partial charge is 0.493 e. The topological polar surface area (TPSA) is 94.5 Å². The first-order valence-electron chi connectivity index (χ1n) is 8.80. The highest BCUT2D eigenvalue weighted by atomic mass is 19.1. The first-order valence-corrected chi connectivity index (χ1v) is 8.80. The van der Waals surface area contributed by atoms with Gasteiger partial charge < -0.3 is 9.47 Å². The van der Waals surface area contributed by atoms with E-state index in [1.54, 1.807) is 24.3 Å². The number of nitrogens with one attached hydrogen (secondary N) is 2. The summed E-state index contributed by atoms with van der Waals surface area (Å²) in [6, 6.07) is 10.8. The molecule has 2 N–H and O–H groups in total. The SMILES string of the molecule is COc1ccc(/C=C/C(=O)NNC(=O)c2cncn2-c2ccc(F)cc2)cc1OC. The van der Waals surface area contributed by atoms with Crippen LogP contribution >= 0.6 is 0 Å². The number of hydrogen-bond acceptors (Lipinski definition) is 5.